The Labute approximate surface area is 113 Å². The number of aliphatic hydroxyl groups excluding tert-OH is 1. The summed E-state index contributed by atoms with van der Waals surface area (Å²) in [5, 5.41) is 13.7. The molecule has 108 valence electrons. The van der Waals surface area contributed by atoms with Gasteiger partial charge in [-0.05, 0) is 38.1 Å². The summed E-state index contributed by atoms with van der Waals surface area (Å²) in [5.74, 6) is -0.291. The van der Waals surface area contributed by atoms with Crippen LogP contribution in [0.1, 0.15) is 24.3 Å². The number of ether oxygens (including phenoxy) is 1. The second kappa shape index (κ2) is 5.16. The molecule has 0 fully saturated rings. The predicted octanol–water partition coefficient (Wildman–Crippen LogP) is 3.13. The van der Waals surface area contributed by atoms with Crippen LogP contribution >= 0.6 is 0 Å². The van der Waals surface area contributed by atoms with E-state index in [2.05, 4.69) is 9.84 Å². The Balaban J connectivity index is 2.24. The lowest BCUT2D eigenvalue weighted by Gasteiger charge is -2.09. The van der Waals surface area contributed by atoms with Gasteiger partial charge in [-0.25, -0.2) is 4.68 Å². The molecule has 0 spiro atoms. The molecule has 0 aliphatic heterocycles. The van der Waals surface area contributed by atoms with Gasteiger partial charge in [0.2, 0.25) is 0 Å². The largest absolute Gasteiger partial charge is 0.573 e. The van der Waals surface area contributed by atoms with E-state index in [9.17, 15) is 18.3 Å². The highest BCUT2D eigenvalue weighted by atomic mass is 19.4. The van der Waals surface area contributed by atoms with E-state index >= 15 is 0 Å². The van der Waals surface area contributed by atoms with Crippen molar-refractivity contribution in [3.8, 4) is 11.4 Å². The SMILES string of the molecule is Cc1nn(-c2ccc(OC(F)(F)F)cc2)cc1C(C)O. The maximum atomic E-state index is 12.0. The van der Waals surface area contributed by atoms with Crippen LogP contribution in [-0.2, 0) is 0 Å². The molecular formula is C13H13F3N2O2. The number of halogens is 3. The zero-order valence-corrected chi connectivity index (χ0v) is 10.8. The van der Waals surface area contributed by atoms with Crippen LogP contribution in [-0.4, -0.2) is 21.2 Å². The van der Waals surface area contributed by atoms with E-state index in [1.807, 2.05) is 0 Å². The highest BCUT2D eigenvalue weighted by Gasteiger charge is 2.30. The van der Waals surface area contributed by atoms with Crippen molar-refractivity contribution in [3.05, 3.63) is 41.7 Å². The second-order valence-corrected chi connectivity index (χ2v) is 4.33. The first-order valence-corrected chi connectivity index (χ1v) is 5.86. The van der Waals surface area contributed by atoms with E-state index in [0.29, 0.717) is 16.9 Å². The first kappa shape index (κ1) is 14.4. The van der Waals surface area contributed by atoms with Crippen LogP contribution < -0.4 is 4.74 Å². The molecule has 0 aliphatic carbocycles. The van der Waals surface area contributed by atoms with Crippen LogP contribution in [0.3, 0.4) is 0 Å². The number of benzene rings is 1. The summed E-state index contributed by atoms with van der Waals surface area (Å²) < 4.78 is 41.4. The summed E-state index contributed by atoms with van der Waals surface area (Å²) in [6.07, 6.45) is -3.72. The zero-order chi connectivity index (χ0) is 14.9. The van der Waals surface area contributed by atoms with Gasteiger partial charge in [-0.15, -0.1) is 13.2 Å². The first-order valence-electron chi connectivity index (χ1n) is 5.86. The standard InChI is InChI=1S/C13H13F3N2O2/c1-8-12(9(2)19)7-18(17-8)10-3-5-11(6-4-10)20-13(14,15)16/h3-7,9,19H,1-2H3. The summed E-state index contributed by atoms with van der Waals surface area (Å²) >= 11 is 0. The molecule has 0 bridgehead atoms. The Hall–Kier alpha value is -2.02. The van der Waals surface area contributed by atoms with Gasteiger partial charge in [-0.3, -0.25) is 0 Å². The normalized spacial score (nSPS) is 13.3. The van der Waals surface area contributed by atoms with Gasteiger partial charge in [0.15, 0.2) is 0 Å². The molecule has 0 aliphatic rings. The number of aromatic nitrogens is 2. The molecule has 1 heterocycles. The van der Waals surface area contributed by atoms with E-state index in [1.54, 1.807) is 20.0 Å². The van der Waals surface area contributed by atoms with Crippen molar-refractivity contribution in [3.63, 3.8) is 0 Å². The van der Waals surface area contributed by atoms with Gasteiger partial charge in [-0.2, -0.15) is 5.10 Å². The van der Waals surface area contributed by atoms with Gasteiger partial charge < -0.3 is 9.84 Å². The number of aliphatic hydroxyl groups is 1. The average molecular weight is 286 g/mol. The van der Waals surface area contributed by atoms with E-state index in [4.69, 9.17) is 0 Å². The van der Waals surface area contributed by atoms with Crippen molar-refractivity contribution in [2.75, 3.05) is 0 Å². The molecular weight excluding hydrogens is 273 g/mol. The lowest BCUT2D eigenvalue weighted by Crippen LogP contribution is -2.17. The molecule has 0 radical (unpaired) electrons. The van der Waals surface area contributed by atoms with Crippen molar-refractivity contribution in [2.24, 2.45) is 0 Å². The van der Waals surface area contributed by atoms with Crippen LogP contribution in [0.15, 0.2) is 30.5 Å². The molecule has 2 rings (SSSR count). The van der Waals surface area contributed by atoms with Gasteiger partial charge >= 0.3 is 6.36 Å². The molecule has 7 heteroatoms. The number of alkyl halides is 3. The van der Waals surface area contributed by atoms with Crippen LogP contribution in [0, 0.1) is 6.92 Å². The van der Waals surface area contributed by atoms with Crippen molar-refractivity contribution in [1.82, 2.24) is 9.78 Å². The number of nitrogens with zero attached hydrogens (tertiary/aromatic N) is 2. The molecule has 0 saturated heterocycles. The van der Waals surface area contributed by atoms with Crippen LogP contribution in [0.5, 0.6) is 5.75 Å². The molecule has 0 amide bonds. The third-order valence-corrected chi connectivity index (χ3v) is 2.72. The van der Waals surface area contributed by atoms with Crippen LogP contribution in [0.4, 0.5) is 13.2 Å². The van der Waals surface area contributed by atoms with E-state index in [0.717, 1.165) is 0 Å². The summed E-state index contributed by atoms with van der Waals surface area (Å²) in [6.45, 7) is 3.37. The quantitative estimate of drug-likeness (QED) is 0.943. The molecule has 1 N–H and O–H groups in total. The summed E-state index contributed by atoms with van der Waals surface area (Å²) in [6, 6.07) is 5.34. The topological polar surface area (TPSA) is 47.3 Å². The Kier molecular flexibility index (Phi) is 3.71. The molecule has 20 heavy (non-hydrogen) atoms. The Morgan fingerprint density at radius 1 is 1.25 bits per heavy atom. The smallest absolute Gasteiger partial charge is 0.406 e. The van der Waals surface area contributed by atoms with Crippen molar-refractivity contribution in [2.45, 2.75) is 26.3 Å². The monoisotopic (exact) mass is 286 g/mol. The van der Waals surface area contributed by atoms with E-state index in [-0.39, 0.29) is 5.75 Å². The lowest BCUT2D eigenvalue weighted by molar-refractivity contribution is -0.274. The van der Waals surface area contributed by atoms with Crippen molar-refractivity contribution < 1.29 is 23.0 Å². The maximum absolute atomic E-state index is 12.0. The highest BCUT2D eigenvalue weighted by molar-refractivity contribution is 5.38. The summed E-state index contributed by atoms with van der Waals surface area (Å²) in [4.78, 5) is 0. The van der Waals surface area contributed by atoms with Gasteiger partial charge in [-0.1, -0.05) is 0 Å². The maximum Gasteiger partial charge on any atom is 0.573 e. The number of hydrogen-bond acceptors (Lipinski definition) is 3. The zero-order valence-electron chi connectivity index (χ0n) is 10.8. The Morgan fingerprint density at radius 2 is 1.85 bits per heavy atom. The van der Waals surface area contributed by atoms with Gasteiger partial charge in [0.25, 0.3) is 0 Å². The Morgan fingerprint density at radius 3 is 2.30 bits per heavy atom. The van der Waals surface area contributed by atoms with Crippen molar-refractivity contribution >= 4 is 0 Å². The molecule has 1 aromatic carbocycles. The van der Waals surface area contributed by atoms with Gasteiger partial charge in [0.05, 0.1) is 17.5 Å². The minimum absolute atomic E-state index is 0.291. The molecule has 0 saturated carbocycles. The highest BCUT2D eigenvalue weighted by Crippen LogP contribution is 2.24. The minimum atomic E-state index is -4.71. The van der Waals surface area contributed by atoms with Gasteiger partial charge in [0.1, 0.15) is 5.75 Å². The number of rotatable bonds is 3. The second-order valence-electron chi connectivity index (χ2n) is 4.33. The molecule has 2 aromatic rings. The number of aryl methyl sites for hydroxylation is 1. The van der Waals surface area contributed by atoms with Gasteiger partial charge in [0, 0.05) is 11.8 Å². The summed E-state index contributed by atoms with van der Waals surface area (Å²) in [5.41, 5.74) is 1.91. The lowest BCUT2D eigenvalue weighted by atomic mass is 10.2. The molecule has 4 nitrogen and oxygen atoms in total. The predicted molar refractivity (Wildman–Crippen MR) is 65.6 cm³/mol. The van der Waals surface area contributed by atoms with E-state index < -0.39 is 12.5 Å². The fourth-order valence-corrected chi connectivity index (χ4v) is 1.82. The van der Waals surface area contributed by atoms with Crippen LogP contribution in [0.2, 0.25) is 0 Å². The van der Waals surface area contributed by atoms with Crippen molar-refractivity contribution in [1.29, 1.82) is 0 Å². The Bertz CT molecular complexity index is 589. The fourth-order valence-electron chi connectivity index (χ4n) is 1.82. The third kappa shape index (κ3) is 3.30. The number of hydrogen-bond donors (Lipinski definition) is 1. The first-order chi connectivity index (χ1) is 9.26. The summed E-state index contributed by atoms with van der Waals surface area (Å²) in [7, 11) is 0. The third-order valence-electron chi connectivity index (χ3n) is 2.72. The molecule has 1 unspecified atom stereocenters. The van der Waals surface area contributed by atoms with Crippen LogP contribution in [0.25, 0.3) is 5.69 Å². The molecule has 1 aromatic heterocycles. The van der Waals surface area contributed by atoms with E-state index in [1.165, 1.54) is 28.9 Å². The fraction of sp³-hybridized carbons (Fsp3) is 0.308. The average Bonchev–Trinajstić information content (AvgIpc) is 2.70. The molecule has 1 atom stereocenters. The minimum Gasteiger partial charge on any atom is -0.406 e.